The molecule has 4 aliphatic rings. The summed E-state index contributed by atoms with van der Waals surface area (Å²) in [6.07, 6.45) is 1.33. The lowest BCUT2D eigenvalue weighted by molar-refractivity contribution is -0.153. The van der Waals surface area contributed by atoms with Gasteiger partial charge in [-0.05, 0) is 45.8 Å². The maximum absolute atomic E-state index is 14.4. The van der Waals surface area contributed by atoms with Gasteiger partial charge in [-0.1, -0.05) is 82.6 Å². The van der Waals surface area contributed by atoms with Gasteiger partial charge in [0.25, 0.3) is 5.91 Å². The van der Waals surface area contributed by atoms with E-state index in [1.807, 2.05) is 76.2 Å². The molecule has 0 aromatic rings. The normalized spacial score (nSPS) is 30.1. The molecule has 268 valence electrons. The SMILES string of the molecule is CC[C@@H]1C[C@@]1(NC(=O)[C@@H]1[C@@H]2[C@H](CN1C(=O)[C@@H](NC(=O)N[C@H](CN1C(=O)CC(C)(C)CC1=O)C(C)(C)C)C(C)(C)C)C2(C)C)C(=O)C(N)=O. The molecule has 48 heavy (non-hydrogen) atoms. The zero-order valence-corrected chi connectivity index (χ0v) is 30.5. The van der Waals surface area contributed by atoms with Crippen LogP contribution in [0.3, 0.4) is 0 Å². The first-order valence-corrected chi connectivity index (χ1v) is 17.2. The monoisotopic (exact) mass is 672 g/mol. The van der Waals surface area contributed by atoms with Gasteiger partial charge in [-0.15, -0.1) is 0 Å². The molecule has 0 radical (unpaired) electrons. The standard InChI is InChI=1S/C35H56N6O7/c1-12-18-13-35(18,26(44)27(36)45)39-28(46)24-23-19(34(23,10)11)16-41(24)29(47)25(32(5,6)7)38-30(48)37-20(31(2,3)4)17-40-21(42)14-33(8,9)15-22(40)43/h18-20,23-25H,12-17H2,1-11H3,(H2,36,45)(H,39,46)(H2,37,38,48)/t18-,19+,20-,23+,24+,25-,35+/m1/s1. The Balaban J connectivity index is 1.54. The number of nitrogens with one attached hydrogen (secondary N) is 3. The van der Waals surface area contributed by atoms with E-state index in [1.54, 1.807) is 0 Å². The lowest BCUT2D eigenvalue weighted by Gasteiger charge is -2.41. The molecular formula is C35H56N6O7. The number of carbonyl (C=O) groups is 7. The van der Waals surface area contributed by atoms with Crippen LogP contribution in [0.2, 0.25) is 0 Å². The van der Waals surface area contributed by atoms with Gasteiger partial charge in [-0.25, -0.2) is 4.79 Å². The minimum absolute atomic E-state index is 0.00383. The number of rotatable bonds is 10. The summed E-state index contributed by atoms with van der Waals surface area (Å²) in [5.41, 5.74) is 2.02. The quantitative estimate of drug-likeness (QED) is 0.202. The number of likely N-dealkylation sites (tertiary alicyclic amines) is 2. The summed E-state index contributed by atoms with van der Waals surface area (Å²) in [6.45, 7) is 21.1. The van der Waals surface area contributed by atoms with E-state index >= 15 is 0 Å². The molecule has 2 heterocycles. The van der Waals surface area contributed by atoms with E-state index in [4.69, 9.17) is 5.73 Å². The molecule has 0 aromatic heterocycles. The van der Waals surface area contributed by atoms with Crippen LogP contribution in [-0.4, -0.2) is 87.9 Å². The number of hydrogen-bond donors (Lipinski definition) is 4. The fourth-order valence-electron chi connectivity index (χ4n) is 7.92. The Bertz CT molecular complexity index is 1390. The second-order valence-electron chi connectivity index (χ2n) is 18.1. The molecule has 4 fully saturated rings. The number of imide groups is 1. The second kappa shape index (κ2) is 12.1. The highest BCUT2D eigenvalue weighted by Crippen LogP contribution is 2.65. The number of nitrogens with two attached hydrogens (primary N) is 1. The number of hydrogen-bond acceptors (Lipinski definition) is 7. The highest BCUT2D eigenvalue weighted by Gasteiger charge is 2.71. The van der Waals surface area contributed by atoms with Crippen molar-refractivity contribution in [3.05, 3.63) is 0 Å². The van der Waals surface area contributed by atoms with Crippen LogP contribution in [0.25, 0.3) is 0 Å². The summed E-state index contributed by atoms with van der Waals surface area (Å²) in [4.78, 5) is 95.3. The van der Waals surface area contributed by atoms with Crippen molar-refractivity contribution >= 4 is 41.4 Å². The van der Waals surface area contributed by atoms with Crippen molar-refractivity contribution in [2.75, 3.05) is 13.1 Å². The van der Waals surface area contributed by atoms with Crippen molar-refractivity contribution in [3.63, 3.8) is 0 Å². The van der Waals surface area contributed by atoms with Gasteiger partial charge in [0.05, 0.1) is 6.04 Å². The molecular weight excluding hydrogens is 616 g/mol. The van der Waals surface area contributed by atoms with E-state index in [1.165, 1.54) is 9.80 Å². The lowest BCUT2D eigenvalue weighted by atomic mass is 9.80. The van der Waals surface area contributed by atoms with Crippen molar-refractivity contribution in [2.45, 2.75) is 126 Å². The Morgan fingerprint density at radius 2 is 1.48 bits per heavy atom. The Labute approximate surface area is 284 Å². The summed E-state index contributed by atoms with van der Waals surface area (Å²) < 4.78 is 0. The fourth-order valence-corrected chi connectivity index (χ4v) is 7.92. The lowest BCUT2D eigenvalue weighted by Crippen LogP contribution is -2.63. The van der Waals surface area contributed by atoms with Gasteiger partial charge >= 0.3 is 6.03 Å². The van der Waals surface area contributed by atoms with Crippen molar-refractivity contribution in [2.24, 2.45) is 45.1 Å². The van der Waals surface area contributed by atoms with Crippen LogP contribution in [-0.2, 0) is 28.8 Å². The predicted octanol–water partition coefficient (Wildman–Crippen LogP) is 2.11. The summed E-state index contributed by atoms with van der Waals surface area (Å²) in [7, 11) is 0. The molecule has 7 amide bonds. The average Bonchev–Trinajstić information content (AvgIpc) is 3.68. The molecule has 7 atom stereocenters. The highest BCUT2D eigenvalue weighted by atomic mass is 16.2. The molecule has 0 aromatic carbocycles. The van der Waals surface area contributed by atoms with Gasteiger partial charge in [0.2, 0.25) is 29.4 Å². The van der Waals surface area contributed by atoms with Gasteiger partial charge in [0.15, 0.2) is 0 Å². The smallest absolute Gasteiger partial charge is 0.315 e. The van der Waals surface area contributed by atoms with E-state index in [0.29, 0.717) is 19.4 Å². The number of amides is 7. The Hall–Kier alpha value is -3.51. The summed E-state index contributed by atoms with van der Waals surface area (Å²) in [6, 6.07) is -3.20. The summed E-state index contributed by atoms with van der Waals surface area (Å²) >= 11 is 0. The van der Waals surface area contributed by atoms with Crippen LogP contribution in [0.15, 0.2) is 0 Å². The van der Waals surface area contributed by atoms with Crippen molar-refractivity contribution in [1.29, 1.82) is 0 Å². The molecule has 13 nitrogen and oxygen atoms in total. The maximum atomic E-state index is 14.4. The van der Waals surface area contributed by atoms with E-state index < -0.39 is 69.4 Å². The van der Waals surface area contributed by atoms with Crippen molar-refractivity contribution < 1.29 is 33.6 Å². The third-order valence-electron chi connectivity index (χ3n) is 11.3. The van der Waals surface area contributed by atoms with Gasteiger partial charge < -0.3 is 26.6 Å². The first kappa shape index (κ1) is 37.3. The average molecular weight is 673 g/mol. The predicted molar refractivity (Wildman–Crippen MR) is 178 cm³/mol. The van der Waals surface area contributed by atoms with Gasteiger partial charge in [-0.2, -0.15) is 0 Å². The minimum atomic E-state index is -1.36. The molecule has 0 bridgehead atoms. The largest absolute Gasteiger partial charge is 0.363 e. The van der Waals surface area contributed by atoms with Crippen LogP contribution in [0.5, 0.6) is 0 Å². The third-order valence-corrected chi connectivity index (χ3v) is 11.3. The number of fused-ring (bicyclic) bond motifs is 1. The Kier molecular flexibility index (Phi) is 9.42. The molecule has 0 unspecified atom stereocenters. The number of carbonyl (C=O) groups excluding carboxylic acids is 7. The molecule has 13 heteroatoms. The molecule has 2 aliphatic carbocycles. The van der Waals surface area contributed by atoms with Crippen LogP contribution in [0.4, 0.5) is 4.79 Å². The van der Waals surface area contributed by atoms with Crippen LogP contribution in [0, 0.1) is 39.4 Å². The fraction of sp³-hybridized carbons (Fsp3) is 0.800. The van der Waals surface area contributed by atoms with E-state index in [-0.39, 0.29) is 54.4 Å². The van der Waals surface area contributed by atoms with Gasteiger partial charge in [-0.3, -0.25) is 33.7 Å². The van der Waals surface area contributed by atoms with Gasteiger partial charge in [0, 0.05) is 25.9 Å². The van der Waals surface area contributed by atoms with Crippen LogP contribution >= 0.6 is 0 Å². The number of ketones is 1. The van der Waals surface area contributed by atoms with Crippen LogP contribution in [0.1, 0.15) is 102 Å². The third kappa shape index (κ3) is 6.96. The number of urea groups is 1. The summed E-state index contributed by atoms with van der Waals surface area (Å²) in [5, 5.41) is 8.62. The van der Waals surface area contributed by atoms with Crippen molar-refractivity contribution in [1.82, 2.24) is 25.8 Å². The molecule has 4 rings (SSSR count). The first-order chi connectivity index (χ1) is 21.8. The number of piperidine rings is 2. The number of primary amides is 1. The Morgan fingerprint density at radius 1 is 0.917 bits per heavy atom. The minimum Gasteiger partial charge on any atom is -0.363 e. The van der Waals surface area contributed by atoms with E-state index in [2.05, 4.69) is 16.0 Å². The maximum Gasteiger partial charge on any atom is 0.315 e. The van der Waals surface area contributed by atoms with Crippen LogP contribution < -0.4 is 21.7 Å². The van der Waals surface area contributed by atoms with Crippen molar-refractivity contribution in [3.8, 4) is 0 Å². The molecule has 2 saturated heterocycles. The second-order valence-corrected chi connectivity index (χ2v) is 18.1. The molecule has 2 saturated carbocycles. The van der Waals surface area contributed by atoms with E-state index in [9.17, 15) is 33.6 Å². The zero-order chi connectivity index (χ0) is 36.5. The number of nitrogens with zero attached hydrogens (tertiary/aromatic N) is 2. The first-order valence-electron chi connectivity index (χ1n) is 17.2. The Morgan fingerprint density at radius 3 is 1.94 bits per heavy atom. The topological polar surface area (TPSA) is 188 Å². The van der Waals surface area contributed by atoms with E-state index in [0.717, 1.165) is 0 Å². The summed E-state index contributed by atoms with van der Waals surface area (Å²) in [5.74, 6) is -3.79. The highest BCUT2D eigenvalue weighted by molar-refractivity contribution is 6.40. The number of Topliss-reactive ketones (excluding diaryl/α,β-unsaturated/α-hetero) is 1. The molecule has 2 aliphatic heterocycles. The van der Waals surface area contributed by atoms with Gasteiger partial charge in [0.1, 0.15) is 17.6 Å². The molecule has 0 spiro atoms. The zero-order valence-electron chi connectivity index (χ0n) is 30.5. The molecule has 5 N–H and O–H groups in total.